The first-order valence-electron chi connectivity index (χ1n) is 6.45. The average Bonchev–Trinajstić information content (AvgIpc) is 2.78. The Labute approximate surface area is 121 Å². The molecule has 4 nitrogen and oxygen atoms in total. The summed E-state index contributed by atoms with van der Waals surface area (Å²) in [5.41, 5.74) is 0.464. The molecule has 1 aromatic heterocycles. The van der Waals surface area contributed by atoms with Gasteiger partial charge in [-0.3, -0.25) is 4.79 Å². The Hall–Kier alpha value is -2.24. The van der Waals surface area contributed by atoms with E-state index < -0.39 is 17.2 Å². The summed E-state index contributed by atoms with van der Waals surface area (Å²) in [5.74, 6) is -2.23. The largest absolute Gasteiger partial charge is 0.460 e. The SMILES string of the molecule is CC(C)(C)OC(=O)Cc1cnn(-c2ccc(F)c(F)c2)c1. The number of halogens is 2. The lowest BCUT2D eigenvalue weighted by molar-refractivity contribution is -0.153. The second kappa shape index (κ2) is 5.63. The summed E-state index contributed by atoms with van der Waals surface area (Å²) in [6.07, 6.45) is 3.14. The number of benzene rings is 1. The first kappa shape index (κ1) is 15.2. The molecule has 6 heteroatoms. The molecule has 0 aliphatic rings. The molecule has 0 radical (unpaired) electrons. The van der Waals surface area contributed by atoms with Gasteiger partial charge in [-0.1, -0.05) is 0 Å². The molecule has 0 saturated heterocycles. The van der Waals surface area contributed by atoms with Crippen LogP contribution in [-0.2, 0) is 16.0 Å². The zero-order valence-corrected chi connectivity index (χ0v) is 12.1. The van der Waals surface area contributed by atoms with Gasteiger partial charge < -0.3 is 4.74 Å². The molecule has 0 aliphatic carbocycles. The van der Waals surface area contributed by atoms with Gasteiger partial charge >= 0.3 is 5.97 Å². The molecular weight excluding hydrogens is 278 g/mol. The van der Waals surface area contributed by atoms with E-state index in [2.05, 4.69) is 5.10 Å². The van der Waals surface area contributed by atoms with Crippen molar-refractivity contribution in [1.29, 1.82) is 0 Å². The fourth-order valence-electron chi connectivity index (χ4n) is 1.76. The van der Waals surface area contributed by atoms with Crippen molar-refractivity contribution >= 4 is 5.97 Å². The van der Waals surface area contributed by atoms with Crippen molar-refractivity contribution in [2.24, 2.45) is 0 Å². The molecule has 0 fully saturated rings. The normalized spacial score (nSPS) is 11.5. The molecule has 0 saturated carbocycles. The topological polar surface area (TPSA) is 44.1 Å². The van der Waals surface area contributed by atoms with Gasteiger partial charge in [0.05, 0.1) is 18.3 Å². The predicted molar refractivity (Wildman–Crippen MR) is 73.0 cm³/mol. The Morgan fingerprint density at radius 3 is 2.62 bits per heavy atom. The summed E-state index contributed by atoms with van der Waals surface area (Å²) in [4.78, 5) is 11.7. The van der Waals surface area contributed by atoms with Crippen LogP contribution in [0.25, 0.3) is 5.69 Å². The van der Waals surface area contributed by atoms with Gasteiger partial charge in [0.1, 0.15) is 5.60 Å². The maximum Gasteiger partial charge on any atom is 0.310 e. The minimum absolute atomic E-state index is 0.0704. The molecule has 0 spiro atoms. The van der Waals surface area contributed by atoms with Crippen LogP contribution in [0.1, 0.15) is 26.3 Å². The van der Waals surface area contributed by atoms with Crippen molar-refractivity contribution in [2.45, 2.75) is 32.8 Å². The first-order valence-corrected chi connectivity index (χ1v) is 6.45. The predicted octanol–water partition coefficient (Wildman–Crippen LogP) is 3.03. The van der Waals surface area contributed by atoms with Crippen LogP contribution >= 0.6 is 0 Å². The van der Waals surface area contributed by atoms with E-state index in [1.54, 1.807) is 27.0 Å². The molecule has 112 valence electrons. The van der Waals surface area contributed by atoms with Crippen LogP contribution < -0.4 is 0 Å². The van der Waals surface area contributed by atoms with Crippen molar-refractivity contribution in [1.82, 2.24) is 9.78 Å². The Morgan fingerprint density at radius 2 is 2.00 bits per heavy atom. The van der Waals surface area contributed by atoms with E-state index in [4.69, 9.17) is 4.74 Å². The molecule has 2 aromatic rings. The Bertz CT molecular complexity index is 660. The number of rotatable bonds is 3. The van der Waals surface area contributed by atoms with Crippen LogP contribution in [0.4, 0.5) is 8.78 Å². The highest BCUT2D eigenvalue weighted by molar-refractivity contribution is 5.72. The molecule has 0 atom stereocenters. The van der Waals surface area contributed by atoms with Crippen LogP contribution in [0.5, 0.6) is 0 Å². The summed E-state index contributed by atoms with van der Waals surface area (Å²) >= 11 is 0. The average molecular weight is 294 g/mol. The maximum absolute atomic E-state index is 13.2. The van der Waals surface area contributed by atoms with E-state index in [1.165, 1.54) is 16.9 Å². The molecule has 0 amide bonds. The molecule has 2 rings (SSSR count). The van der Waals surface area contributed by atoms with Gasteiger partial charge in [-0.15, -0.1) is 0 Å². The number of esters is 1. The van der Waals surface area contributed by atoms with Gasteiger partial charge in [0.15, 0.2) is 11.6 Å². The Kier molecular flexibility index (Phi) is 4.06. The van der Waals surface area contributed by atoms with Crippen LogP contribution in [0.2, 0.25) is 0 Å². The number of hydrogen-bond acceptors (Lipinski definition) is 3. The third kappa shape index (κ3) is 4.11. The van der Waals surface area contributed by atoms with E-state index in [-0.39, 0.29) is 12.4 Å². The molecule has 0 bridgehead atoms. The smallest absolute Gasteiger partial charge is 0.310 e. The number of aromatic nitrogens is 2. The molecule has 21 heavy (non-hydrogen) atoms. The standard InChI is InChI=1S/C15H16F2N2O2/c1-15(2,3)21-14(20)6-10-8-18-19(9-10)11-4-5-12(16)13(17)7-11/h4-5,7-9H,6H2,1-3H3. The molecule has 0 N–H and O–H groups in total. The second-order valence-electron chi connectivity index (χ2n) is 5.65. The summed E-state index contributed by atoms with van der Waals surface area (Å²) in [6.45, 7) is 5.36. The number of hydrogen-bond donors (Lipinski definition) is 0. The molecular formula is C15H16F2N2O2. The highest BCUT2D eigenvalue weighted by Crippen LogP contribution is 2.14. The van der Waals surface area contributed by atoms with Gasteiger partial charge in [0.2, 0.25) is 0 Å². The van der Waals surface area contributed by atoms with E-state index in [0.717, 1.165) is 12.1 Å². The minimum atomic E-state index is -0.948. The number of nitrogens with zero attached hydrogens (tertiary/aromatic N) is 2. The van der Waals surface area contributed by atoms with Crippen molar-refractivity contribution in [3.63, 3.8) is 0 Å². The second-order valence-corrected chi connectivity index (χ2v) is 5.65. The van der Waals surface area contributed by atoms with Crippen molar-refractivity contribution in [3.05, 3.63) is 47.8 Å². The van der Waals surface area contributed by atoms with Gasteiger partial charge in [-0.25, -0.2) is 13.5 Å². The van der Waals surface area contributed by atoms with Crippen LogP contribution in [-0.4, -0.2) is 21.4 Å². The fourth-order valence-corrected chi connectivity index (χ4v) is 1.76. The summed E-state index contributed by atoms with van der Waals surface area (Å²) in [5, 5.41) is 4.03. The van der Waals surface area contributed by atoms with Gasteiger partial charge in [0.25, 0.3) is 0 Å². The summed E-state index contributed by atoms with van der Waals surface area (Å²) in [6, 6.07) is 3.47. The molecule has 0 aliphatic heterocycles. The molecule has 1 aromatic carbocycles. The lowest BCUT2D eigenvalue weighted by Gasteiger charge is -2.19. The third-order valence-corrected chi connectivity index (χ3v) is 2.57. The monoisotopic (exact) mass is 294 g/mol. The van der Waals surface area contributed by atoms with Gasteiger partial charge in [-0.05, 0) is 32.9 Å². The van der Waals surface area contributed by atoms with Crippen molar-refractivity contribution in [2.75, 3.05) is 0 Å². The van der Waals surface area contributed by atoms with E-state index in [9.17, 15) is 13.6 Å². The lowest BCUT2D eigenvalue weighted by Crippen LogP contribution is -2.24. The quantitative estimate of drug-likeness (QED) is 0.817. The minimum Gasteiger partial charge on any atom is -0.460 e. The number of ether oxygens (including phenoxy) is 1. The first-order chi connectivity index (χ1) is 9.74. The molecule has 1 heterocycles. The van der Waals surface area contributed by atoms with E-state index in [1.807, 2.05) is 0 Å². The van der Waals surface area contributed by atoms with Gasteiger partial charge in [-0.2, -0.15) is 5.10 Å². The summed E-state index contributed by atoms with van der Waals surface area (Å²) < 4.78 is 32.6. The number of carbonyl (C=O) groups excluding carboxylic acids is 1. The fraction of sp³-hybridized carbons (Fsp3) is 0.333. The highest BCUT2D eigenvalue weighted by Gasteiger charge is 2.17. The third-order valence-electron chi connectivity index (χ3n) is 2.57. The maximum atomic E-state index is 13.2. The zero-order chi connectivity index (χ0) is 15.6. The summed E-state index contributed by atoms with van der Waals surface area (Å²) in [7, 11) is 0. The van der Waals surface area contributed by atoms with Gasteiger partial charge in [0, 0.05) is 17.8 Å². The van der Waals surface area contributed by atoms with E-state index in [0.29, 0.717) is 11.3 Å². The van der Waals surface area contributed by atoms with Crippen molar-refractivity contribution in [3.8, 4) is 5.69 Å². The highest BCUT2D eigenvalue weighted by atomic mass is 19.2. The van der Waals surface area contributed by atoms with E-state index >= 15 is 0 Å². The number of carbonyl (C=O) groups is 1. The van der Waals surface area contributed by atoms with Crippen molar-refractivity contribution < 1.29 is 18.3 Å². The molecule has 0 unspecified atom stereocenters. The van der Waals surface area contributed by atoms with Crippen LogP contribution in [0.3, 0.4) is 0 Å². The Morgan fingerprint density at radius 1 is 1.29 bits per heavy atom. The van der Waals surface area contributed by atoms with Crippen LogP contribution in [0, 0.1) is 11.6 Å². The van der Waals surface area contributed by atoms with Crippen LogP contribution in [0.15, 0.2) is 30.6 Å². The zero-order valence-electron chi connectivity index (χ0n) is 12.1. The Balaban J connectivity index is 2.11. The lowest BCUT2D eigenvalue weighted by atomic mass is 10.2.